The number of ether oxygens (including phenoxy) is 1. The van der Waals surface area contributed by atoms with Gasteiger partial charge in [-0.2, -0.15) is 0 Å². The lowest BCUT2D eigenvalue weighted by Gasteiger charge is -2.56. The van der Waals surface area contributed by atoms with Gasteiger partial charge in [0.15, 0.2) is 11.6 Å². The number of carbonyl (C=O) groups is 3. The highest BCUT2D eigenvalue weighted by Crippen LogP contribution is 2.66. The number of ketones is 2. The minimum Gasteiger partial charge on any atom is -0.458 e. The van der Waals surface area contributed by atoms with E-state index in [1.54, 1.807) is 6.08 Å². The Morgan fingerprint density at radius 3 is 2.12 bits per heavy atom. The molecule has 0 radical (unpaired) electrons. The molecule has 4 heteroatoms. The van der Waals surface area contributed by atoms with Crippen molar-refractivity contribution in [3.8, 4) is 0 Å². The Labute approximate surface area is 250 Å². The van der Waals surface area contributed by atoms with Crippen LogP contribution >= 0.6 is 0 Å². The van der Waals surface area contributed by atoms with Crippen molar-refractivity contribution in [2.75, 3.05) is 6.61 Å². The Bertz CT molecular complexity index is 962. The predicted molar refractivity (Wildman–Crippen MR) is 166 cm³/mol. The summed E-state index contributed by atoms with van der Waals surface area (Å²) >= 11 is 0. The zero-order valence-corrected chi connectivity index (χ0v) is 26.5. The second-order valence-electron chi connectivity index (χ2n) is 14.4. The van der Waals surface area contributed by atoms with E-state index in [4.69, 9.17) is 4.74 Å². The summed E-state index contributed by atoms with van der Waals surface area (Å²) < 4.78 is 5.51. The number of fused-ring (bicyclic) bond motifs is 5. The van der Waals surface area contributed by atoms with Crippen LogP contribution in [0.4, 0.5) is 0 Å². The van der Waals surface area contributed by atoms with Crippen LogP contribution in [0, 0.1) is 34.5 Å². The molecule has 230 valence electrons. The van der Waals surface area contributed by atoms with Gasteiger partial charge in [-0.1, -0.05) is 109 Å². The van der Waals surface area contributed by atoms with Gasteiger partial charge in [0.1, 0.15) is 6.61 Å². The molecule has 0 N–H and O–H groups in total. The number of allylic oxidation sites excluding steroid dienone is 4. The van der Waals surface area contributed by atoms with Gasteiger partial charge >= 0.3 is 5.97 Å². The summed E-state index contributed by atoms with van der Waals surface area (Å²) in [6.07, 6.45) is 29.3. The maximum Gasteiger partial charge on any atom is 0.306 e. The van der Waals surface area contributed by atoms with Crippen LogP contribution < -0.4 is 0 Å². The highest BCUT2D eigenvalue weighted by atomic mass is 16.5. The van der Waals surface area contributed by atoms with Crippen LogP contribution in [0.3, 0.4) is 0 Å². The summed E-state index contributed by atoms with van der Waals surface area (Å²) in [6.45, 7) is 6.89. The van der Waals surface area contributed by atoms with E-state index in [2.05, 4.69) is 26.8 Å². The number of Topliss-reactive ketones (excluding diaryl/α,β-unsaturated/α-hetero) is 1. The minimum absolute atomic E-state index is 0.00538. The van der Waals surface area contributed by atoms with E-state index in [0.717, 1.165) is 51.4 Å². The lowest BCUT2D eigenvalue weighted by atomic mass is 9.47. The van der Waals surface area contributed by atoms with Gasteiger partial charge in [0, 0.05) is 17.8 Å². The van der Waals surface area contributed by atoms with Crippen molar-refractivity contribution in [2.45, 2.75) is 149 Å². The molecule has 6 atom stereocenters. The van der Waals surface area contributed by atoms with Crippen LogP contribution in [0.5, 0.6) is 0 Å². The van der Waals surface area contributed by atoms with Crippen molar-refractivity contribution >= 4 is 17.5 Å². The monoisotopic (exact) mass is 566 g/mol. The zero-order chi connectivity index (χ0) is 29.3. The van der Waals surface area contributed by atoms with Crippen molar-refractivity contribution in [3.05, 3.63) is 23.8 Å². The third-order valence-electron chi connectivity index (χ3n) is 11.8. The van der Waals surface area contributed by atoms with Gasteiger partial charge < -0.3 is 4.74 Å². The molecule has 4 aliphatic carbocycles. The van der Waals surface area contributed by atoms with Crippen molar-refractivity contribution in [3.63, 3.8) is 0 Å². The van der Waals surface area contributed by atoms with Crippen molar-refractivity contribution in [1.29, 1.82) is 0 Å². The van der Waals surface area contributed by atoms with Crippen LogP contribution in [-0.4, -0.2) is 24.1 Å². The van der Waals surface area contributed by atoms with Crippen LogP contribution in [0.1, 0.15) is 149 Å². The molecule has 4 nitrogen and oxygen atoms in total. The summed E-state index contributed by atoms with van der Waals surface area (Å²) in [7, 11) is 0. The molecule has 4 aliphatic rings. The number of carbonyl (C=O) groups excluding carboxylic acids is 3. The molecule has 3 saturated carbocycles. The molecule has 0 aromatic rings. The third kappa shape index (κ3) is 7.82. The summed E-state index contributed by atoms with van der Waals surface area (Å²) in [5.74, 6) is 1.76. The number of rotatable bonds is 17. The third-order valence-corrected chi connectivity index (χ3v) is 11.8. The molecule has 0 saturated heterocycles. The van der Waals surface area contributed by atoms with Gasteiger partial charge in [0.25, 0.3) is 0 Å². The van der Waals surface area contributed by atoms with Crippen molar-refractivity contribution < 1.29 is 19.1 Å². The number of esters is 1. The molecule has 0 unspecified atom stereocenters. The van der Waals surface area contributed by atoms with Crippen LogP contribution in [0.2, 0.25) is 0 Å². The van der Waals surface area contributed by atoms with Gasteiger partial charge in [-0.15, -0.1) is 0 Å². The maximum absolute atomic E-state index is 13.4. The Morgan fingerprint density at radius 1 is 0.829 bits per heavy atom. The fourth-order valence-corrected chi connectivity index (χ4v) is 9.34. The SMILES string of the molecule is CCCCCCCCCCCCCCCC(=O)OCC(=O)[C@H]1CC[C@H]2[C@@H]3CCC4=CC(=O)C=C[C@]4(C)[C@H]3CC[C@]12C. The van der Waals surface area contributed by atoms with Gasteiger partial charge in [-0.05, 0) is 80.3 Å². The van der Waals surface area contributed by atoms with E-state index in [0.29, 0.717) is 24.2 Å². The molecule has 0 amide bonds. The fraction of sp³-hybridized carbons (Fsp3) is 0.811. The van der Waals surface area contributed by atoms with Gasteiger partial charge in [0.05, 0.1) is 0 Å². The number of hydrogen-bond donors (Lipinski definition) is 0. The van der Waals surface area contributed by atoms with Gasteiger partial charge in [-0.3, -0.25) is 14.4 Å². The largest absolute Gasteiger partial charge is 0.458 e. The average molecular weight is 567 g/mol. The van der Waals surface area contributed by atoms with E-state index in [1.165, 1.54) is 76.2 Å². The first-order valence-corrected chi connectivity index (χ1v) is 17.4. The second-order valence-corrected chi connectivity index (χ2v) is 14.4. The van der Waals surface area contributed by atoms with Gasteiger partial charge in [-0.25, -0.2) is 0 Å². The lowest BCUT2D eigenvalue weighted by molar-refractivity contribution is -0.151. The molecule has 0 bridgehead atoms. The second kappa shape index (κ2) is 15.1. The molecule has 4 rings (SSSR count). The number of unbranched alkanes of at least 4 members (excludes halogenated alkanes) is 12. The Morgan fingerprint density at radius 2 is 1.46 bits per heavy atom. The predicted octanol–water partition coefficient (Wildman–Crippen LogP) is 9.50. The highest BCUT2D eigenvalue weighted by Gasteiger charge is 2.59. The van der Waals surface area contributed by atoms with E-state index >= 15 is 0 Å². The molecular formula is C37H58O4. The van der Waals surface area contributed by atoms with Crippen molar-refractivity contribution in [1.82, 2.24) is 0 Å². The Kier molecular flexibility index (Phi) is 11.9. The lowest BCUT2D eigenvalue weighted by Crippen LogP contribution is -2.50. The van der Waals surface area contributed by atoms with Gasteiger partial charge in [0.2, 0.25) is 0 Å². The molecule has 0 aromatic heterocycles. The molecule has 0 aromatic carbocycles. The number of hydrogen-bond acceptors (Lipinski definition) is 4. The van der Waals surface area contributed by atoms with Crippen molar-refractivity contribution in [2.24, 2.45) is 34.5 Å². The van der Waals surface area contributed by atoms with E-state index in [1.807, 2.05) is 6.08 Å². The molecule has 0 spiro atoms. The highest BCUT2D eigenvalue weighted by molar-refractivity contribution is 6.01. The summed E-state index contributed by atoms with van der Waals surface area (Å²) in [4.78, 5) is 37.8. The van der Waals surface area contributed by atoms with Crippen LogP contribution in [0.25, 0.3) is 0 Å². The molecule has 0 heterocycles. The molecule has 41 heavy (non-hydrogen) atoms. The topological polar surface area (TPSA) is 60.4 Å². The smallest absolute Gasteiger partial charge is 0.306 e. The first-order chi connectivity index (χ1) is 19.8. The van der Waals surface area contributed by atoms with Crippen LogP contribution in [0.15, 0.2) is 23.8 Å². The maximum atomic E-state index is 13.4. The quantitative estimate of drug-likeness (QED) is 0.130. The zero-order valence-electron chi connectivity index (χ0n) is 26.5. The first-order valence-electron chi connectivity index (χ1n) is 17.4. The molecule has 0 aliphatic heterocycles. The van der Waals surface area contributed by atoms with Crippen LogP contribution in [-0.2, 0) is 19.1 Å². The molecular weight excluding hydrogens is 508 g/mol. The van der Waals surface area contributed by atoms with E-state index < -0.39 is 0 Å². The fourth-order valence-electron chi connectivity index (χ4n) is 9.34. The standard InChI is InChI=1S/C37H58O4/c1-4-5-6-7-8-9-10-11-12-13-14-15-16-17-35(40)41-27-34(39)33-21-20-31-30-19-18-28-26-29(38)22-24-36(28,2)32(30)23-25-37(31,33)3/h22,24,26,30-33H,4-21,23,25,27H2,1-3H3/t30-,31-,32-,33+,36-,37-/m0/s1. The summed E-state index contributed by atoms with van der Waals surface area (Å²) in [5.41, 5.74) is 1.31. The van der Waals surface area contributed by atoms with E-state index in [-0.39, 0.29) is 40.9 Å². The minimum atomic E-state index is -0.206. The first kappa shape index (κ1) is 32.2. The average Bonchev–Trinajstić information content (AvgIpc) is 3.32. The normalized spacial score (nSPS) is 32.2. The summed E-state index contributed by atoms with van der Waals surface area (Å²) in [5, 5.41) is 0. The Hall–Kier alpha value is -1.71. The molecule has 3 fully saturated rings. The van der Waals surface area contributed by atoms with E-state index in [9.17, 15) is 14.4 Å². The Balaban J connectivity index is 1.11. The summed E-state index contributed by atoms with van der Waals surface area (Å²) in [6, 6.07) is 0.